The Hall–Kier alpha value is -0.280. The van der Waals surface area contributed by atoms with Crippen molar-refractivity contribution < 1.29 is 4.79 Å². The lowest BCUT2D eigenvalue weighted by Crippen LogP contribution is -2.58. The quantitative estimate of drug-likeness (QED) is 0.526. The number of amides is 1. The van der Waals surface area contributed by atoms with E-state index in [1.165, 1.54) is 0 Å². The van der Waals surface area contributed by atoms with E-state index in [-0.39, 0.29) is 23.9 Å². The third-order valence-electron chi connectivity index (χ3n) is 1.33. The minimum absolute atomic E-state index is 0. The van der Waals surface area contributed by atoms with Crippen LogP contribution in [0.3, 0.4) is 0 Å². The van der Waals surface area contributed by atoms with Gasteiger partial charge in [-0.05, 0) is 13.8 Å². The molecule has 1 heterocycles. The van der Waals surface area contributed by atoms with Gasteiger partial charge in [-0.15, -0.1) is 12.4 Å². The van der Waals surface area contributed by atoms with Crippen LogP contribution >= 0.6 is 12.4 Å². The van der Waals surface area contributed by atoms with Gasteiger partial charge in [-0.3, -0.25) is 4.79 Å². The normalized spacial score (nSPS) is 22.8. The molecule has 1 aliphatic heterocycles. The van der Waals surface area contributed by atoms with Gasteiger partial charge in [0.25, 0.3) is 0 Å². The monoisotopic (exact) mass is 164 g/mol. The molecule has 0 spiro atoms. The van der Waals surface area contributed by atoms with Gasteiger partial charge in [0.1, 0.15) is 0 Å². The first-order chi connectivity index (χ1) is 4.10. The minimum Gasteiger partial charge on any atom is -0.349 e. The second kappa shape index (κ2) is 3.21. The highest BCUT2D eigenvalue weighted by Gasteiger charge is 2.23. The summed E-state index contributed by atoms with van der Waals surface area (Å²) in [4.78, 5) is 10.7. The van der Waals surface area contributed by atoms with Gasteiger partial charge >= 0.3 is 0 Å². The average molecular weight is 165 g/mol. The fourth-order valence-corrected chi connectivity index (χ4v) is 0.954. The van der Waals surface area contributed by atoms with E-state index in [1.807, 2.05) is 13.8 Å². The molecule has 60 valence electrons. The molecular weight excluding hydrogens is 152 g/mol. The summed E-state index contributed by atoms with van der Waals surface area (Å²) in [5, 5.41) is 5.87. The molecule has 0 atom stereocenters. The first kappa shape index (κ1) is 9.72. The molecular formula is C6H13ClN2O. The highest BCUT2D eigenvalue weighted by atomic mass is 35.5. The topological polar surface area (TPSA) is 41.1 Å². The van der Waals surface area contributed by atoms with Crippen LogP contribution in [0.15, 0.2) is 0 Å². The van der Waals surface area contributed by atoms with Gasteiger partial charge in [0.05, 0.1) is 6.54 Å². The maximum atomic E-state index is 10.7. The summed E-state index contributed by atoms with van der Waals surface area (Å²) in [5.74, 6) is 0.0891. The Morgan fingerprint density at radius 1 is 1.50 bits per heavy atom. The van der Waals surface area contributed by atoms with Crippen molar-refractivity contribution in [3.05, 3.63) is 0 Å². The van der Waals surface area contributed by atoms with E-state index >= 15 is 0 Å². The van der Waals surface area contributed by atoms with Crippen LogP contribution in [0, 0.1) is 0 Å². The van der Waals surface area contributed by atoms with Crippen LogP contribution in [-0.4, -0.2) is 24.5 Å². The smallest absolute Gasteiger partial charge is 0.234 e. The molecule has 2 N–H and O–H groups in total. The van der Waals surface area contributed by atoms with E-state index in [4.69, 9.17) is 0 Å². The molecule has 1 saturated heterocycles. The predicted molar refractivity (Wildman–Crippen MR) is 42.3 cm³/mol. The van der Waals surface area contributed by atoms with Crippen molar-refractivity contribution in [3.8, 4) is 0 Å². The molecule has 0 radical (unpaired) electrons. The molecule has 0 aromatic heterocycles. The molecule has 1 rings (SSSR count). The summed E-state index contributed by atoms with van der Waals surface area (Å²) in [6.45, 7) is 5.32. The molecule has 1 amide bonds. The molecule has 0 aromatic rings. The van der Waals surface area contributed by atoms with Crippen LogP contribution in [0.1, 0.15) is 13.8 Å². The molecule has 0 aliphatic carbocycles. The van der Waals surface area contributed by atoms with Gasteiger partial charge in [0.2, 0.25) is 5.91 Å². The second-order valence-corrected chi connectivity index (χ2v) is 3.04. The SMILES string of the molecule is CC1(C)CNCC(=O)N1.Cl. The van der Waals surface area contributed by atoms with Crippen molar-refractivity contribution in [2.75, 3.05) is 13.1 Å². The molecule has 1 fully saturated rings. The second-order valence-electron chi connectivity index (χ2n) is 3.04. The first-order valence-corrected chi connectivity index (χ1v) is 3.12. The lowest BCUT2D eigenvalue weighted by atomic mass is 10.0. The maximum absolute atomic E-state index is 10.7. The molecule has 4 heteroatoms. The number of nitrogens with one attached hydrogen (secondary N) is 2. The van der Waals surface area contributed by atoms with Gasteiger partial charge in [0.15, 0.2) is 0 Å². The van der Waals surface area contributed by atoms with Crippen molar-refractivity contribution >= 4 is 18.3 Å². The van der Waals surface area contributed by atoms with Crippen LogP contribution in [-0.2, 0) is 4.79 Å². The van der Waals surface area contributed by atoms with E-state index in [0.29, 0.717) is 6.54 Å². The van der Waals surface area contributed by atoms with Crippen molar-refractivity contribution in [2.45, 2.75) is 19.4 Å². The summed E-state index contributed by atoms with van der Waals surface area (Å²) in [6.07, 6.45) is 0. The zero-order valence-corrected chi connectivity index (χ0v) is 7.05. The Morgan fingerprint density at radius 2 is 2.10 bits per heavy atom. The number of rotatable bonds is 0. The highest BCUT2D eigenvalue weighted by molar-refractivity contribution is 5.85. The molecule has 1 aliphatic rings. The predicted octanol–water partition coefficient (Wildman–Crippen LogP) is -0.0938. The molecule has 0 unspecified atom stereocenters. The lowest BCUT2D eigenvalue weighted by Gasteiger charge is -2.30. The first-order valence-electron chi connectivity index (χ1n) is 3.12. The zero-order chi connectivity index (χ0) is 6.91. The Morgan fingerprint density at radius 3 is 2.40 bits per heavy atom. The molecule has 10 heavy (non-hydrogen) atoms. The summed E-state index contributed by atoms with van der Waals surface area (Å²) >= 11 is 0. The third-order valence-corrected chi connectivity index (χ3v) is 1.33. The van der Waals surface area contributed by atoms with E-state index in [1.54, 1.807) is 0 Å². The summed E-state index contributed by atoms with van der Waals surface area (Å²) in [7, 11) is 0. The van der Waals surface area contributed by atoms with Crippen LogP contribution in [0.2, 0.25) is 0 Å². The molecule has 0 aromatic carbocycles. The van der Waals surface area contributed by atoms with Gasteiger partial charge < -0.3 is 10.6 Å². The van der Waals surface area contributed by atoms with E-state index < -0.39 is 0 Å². The van der Waals surface area contributed by atoms with Gasteiger partial charge in [-0.2, -0.15) is 0 Å². The molecule has 0 bridgehead atoms. The highest BCUT2D eigenvalue weighted by Crippen LogP contribution is 2.01. The van der Waals surface area contributed by atoms with Crippen molar-refractivity contribution in [2.24, 2.45) is 0 Å². The van der Waals surface area contributed by atoms with Gasteiger partial charge in [0, 0.05) is 12.1 Å². The average Bonchev–Trinajstić information content (AvgIpc) is 1.60. The number of halogens is 1. The van der Waals surface area contributed by atoms with Gasteiger partial charge in [-0.1, -0.05) is 0 Å². The number of hydrogen-bond acceptors (Lipinski definition) is 2. The van der Waals surface area contributed by atoms with Crippen LogP contribution < -0.4 is 10.6 Å². The summed E-state index contributed by atoms with van der Waals surface area (Å²) < 4.78 is 0. The van der Waals surface area contributed by atoms with Crippen LogP contribution in [0.5, 0.6) is 0 Å². The van der Waals surface area contributed by atoms with Crippen molar-refractivity contribution in [1.82, 2.24) is 10.6 Å². The zero-order valence-electron chi connectivity index (χ0n) is 6.23. The van der Waals surface area contributed by atoms with E-state index in [9.17, 15) is 4.79 Å². The van der Waals surface area contributed by atoms with Gasteiger partial charge in [-0.25, -0.2) is 0 Å². The minimum atomic E-state index is -0.0602. The van der Waals surface area contributed by atoms with E-state index in [0.717, 1.165) is 6.54 Å². The van der Waals surface area contributed by atoms with E-state index in [2.05, 4.69) is 10.6 Å². The number of hydrogen-bond donors (Lipinski definition) is 2. The third kappa shape index (κ3) is 2.54. The molecule has 0 saturated carbocycles. The summed E-state index contributed by atoms with van der Waals surface area (Å²) in [5.41, 5.74) is -0.0602. The van der Waals surface area contributed by atoms with Crippen LogP contribution in [0.25, 0.3) is 0 Å². The lowest BCUT2D eigenvalue weighted by molar-refractivity contribution is -0.123. The standard InChI is InChI=1S/C6H12N2O.ClH/c1-6(2)4-7-3-5(9)8-6;/h7H,3-4H2,1-2H3,(H,8,9);1H. The largest absolute Gasteiger partial charge is 0.349 e. The van der Waals surface area contributed by atoms with Crippen molar-refractivity contribution in [3.63, 3.8) is 0 Å². The fourth-order valence-electron chi connectivity index (χ4n) is 0.954. The Kier molecular flexibility index (Phi) is 3.12. The summed E-state index contributed by atoms with van der Waals surface area (Å²) in [6, 6.07) is 0. The Bertz CT molecular complexity index is 136. The van der Waals surface area contributed by atoms with Crippen molar-refractivity contribution in [1.29, 1.82) is 0 Å². The fraction of sp³-hybridized carbons (Fsp3) is 0.833. The number of piperazine rings is 1. The Labute approximate surface area is 67.0 Å². The number of carbonyl (C=O) groups excluding carboxylic acids is 1. The number of carbonyl (C=O) groups is 1. The molecule has 3 nitrogen and oxygen atoms in total. The van der Waals surface area contributed by atoms with Crippen LogP contribution in [0.4, 0.5) is 0 Å². The Balaban J connectivity index is 0.000000810. The maximum Gasteiger partial charge on any atom is 0.234 e.